The van der Waals surface area contributed by atoms with Gasteiger partial charge in [-0.05, 0) is 43.9 Å². The van der Waals surface area contributed by atoms with Crippen molar-refractivity contribution in [2.24, 2.45) is 0 Å². The summed E-state index contributed by atoms with van der Waals surface area (Å²) in [5, 5.41) is 3.77. The van der Waals surface area contributed by atoms with Crippen LogP contribution in [0.5, 0.6) is 0 Å². The SMILES string of the molecule is Cc1ccc(NC(=S)N2CCN(C)CC2)cc1F. The average Bonchev–Trinajstić information content (AvgIpc) is 2.34. The number of halogens is 1. The van der Waals surface area contributed by atoms with E-state index in [0.29, 0.717) is 16.4 Å². The molecule has 0 spiro atoms. The van der Waals surface area contributed by atoms with Gasteiger partial charge in [-0.2, -0.15) is 0 Å². The number of likely N-dealkylation sites (N-methyl/N-ethyl adjacent to an activating group) is 1. The van der Waals surface area contributed by atoms with Crippen molar-refractivity contribution in [2.75, 3.05) is 38.5 Å². The second-order valence-corrected chi connectivity index (χ2v) is 5.07. The zero-order valence-electron chi connectivity index (χ0n) is 10.7. The van der Waals surface area contributed by atoms with E-state index in [4.69, 9.17) is 12.2 Å². The van der Waals surface area contributed by atoms with Gasteiger partial charge in [0, 0.05) is 31.9 Å². The van der Waals surface area contributed by atoms with Crippen molar-refractivity contribution in [3.63, 3.8) is 0 Å². The van der Waals surface area contributed by atoms with Gasteiger partial charge in [-0.15, -0.1) is 0 Å². The number of hydrogen-bond donors (Lipinski definition) is 1. The molecule has 0 aromatic heterocycles. The highest BCUT2D eigenvalue weighted by Crippen LogP contribution is 2.14. The van der Waals surface area contributed by atoms with Gasteiger partial charge in [-0.25, -0.2) is 4.39 Å². The minimum Gasteiger partial charge on any atom is -0.346 e. The topological polar surface area (TPSA) is 18.5 Å². The van der Waals surface area contributed by atoms with Crippen LogP contribution in [0.25, 0.3) is 0 Å². The second kappa shape index (κ2) is 5.63. The number of hydrogen-bond acceptors (Lipinski definition) is 2. The van der Waals surface area contributed by atoms with Crippen LogP contribution in [0.15, 0.2) is 18.2 Å². The summed E-state index contributed by atoms with van der Waals surface area (Å²) >= 11 is 5.34. The Morgan fingerprint density at radius 1 is 1.28 bits per heavy atom. The summed E-state index contributed by atoms with van der Waals surface area (Å²) in [5.74, 6) is -0.207. The van der Waals surface area contributed by atoms with E-state index < -0.39 is 0 Å². The molecule has 0 bridgehead atoms. The van der Waals surface area contributed by atoms with Crippen LogP contribution in [0.3, 0.4) is 0 Å². The third-order valence-electron chi connectivity index (χ3n) is 3.21. The summed E-state index contributed by atoms with van der Waals surface area (Å²) in [6, 6.07) is 5.09. The highest BCUT2D eigenvalue weighted by Gasteiger charge is 2.16. The molecule has 1 heterocycles. The summed E-state index contributed by atoms with van der Waals surface area (Å²) in [5.41, 5.74) is 1.35. The van der Waals surface area contributed by atoms with E-state index >= 15 is 0 Å². The number of piperazine rings is 1. The molecule has 5 heteroatoms. The van der Waals surface area contributed by atoms with Crippen LogP contribution in [0, 0.1) is 12.7 Å². The molecular weight excluding hydrogens is 249 g/mol. The van der Waals surface area contributed by atoms with Crippen molar-refractivity contribution in [2.45, 2.75) is 6.92 Å². The molecule has 0 amide bonds. The van der Waals surface area contributed by atoms with Crippen molar-refractivity contribution in [3.05, 3.63) is 29.6 Å². The lowest BCUT2D eigenvalue weighted by molar-refractivity contribution is 0.217. The smallest absolute Gasteiger partial charge is 0.173 e. The molecule has 1 fully saturated rings. The summed E-state index contributed by atoms with van der Waals surface area (Å²) in [7, 11) is 2.10. The fourth-order valence-electron chi connectivity index (χ4n) is 1.88. The van der Waals surface area contributed by atoms with Crippen molar-refractivity contribution in [1.29, 1.82) is 0 Å². The normalized spacial score (nSPS) is 16.7. The Morgan fingerprint density at radius 3 is 2.56 bits per heavy atom. The Labute approximate surface area is 113 Å². The van der Waals surface area contributed by atoms with E-state index in [-0.39, 0.29) is 5.82 Å². The molecule has 1 aromatic carbocycles. The third kappa shape index (κ3) is 3.17. The summed E-state index contributed by atoms with van der Waals surface area (Å²) in [6.45, 7) is 5.58. The average molecular weight is 267 g/mol. The van der Waals surface area contributed by atoms with Gasteiger partial charge in [0.05, 0.1) is 0 Å². The monoisotopic (exact) mass is 267 g/mol. The maximum atomic E-state index is 13.4. The molecule has 2 rings (SSSR count). The number of thiocarbonyl (C=S) groups is 1. The van der Waals surface area contributed by atoms with Crippen LogP contribution < -0.4 is 5.32 Å². The van der Waals surface area contributed by atoms with Gasteiger partial charge in [-0.1, -0.05) is 6.07 Å². The van der Waals surface area contributed by atoms with Crippen molar-refractivity contribution < 1.29 is 4.39 Å². The second-order valence-electron chi connectivity index (χ2n) is 4.68. The number of benzene rings is 1. The Bertz CT molecular complexity index is 442. The Kier molecular flexibility index (Phi) is 4.14. The van der Waals surface area contributed by atoms with Crippen LogP contribution in [0.1, 0.15) is 5.56 Å². The Hall–Kier alpha value is -1.20. The minimum absolute atomic E-state index is 0.207. The van der Waals surface area contributed by atoms with Crippen molar-refractivity contribution in [3.8, 4) is 0 Å². The van der Waals surface area contributed by atoms with E-state index in [2.05, 4.69) is 22.2 Å². The first-order valence-corrected chi connectivity index (χ1v) is 6.48. The van der Waals surface area contributed by atoms with Crippen LogP contribution in [-0.2, 0) is 0 Å². The number of aryl methyl sites for hydroxylation is 1. The Balaban J connectivity index is 1.96. The summed E-state index contributed by atoms with van der Waals surface area (Å²) in [6.07, 6.45) is 0. The molecular formula is C13H18FN3S. The number of rotatable bonds is 1. The molecule has 0 unspecified atom stereocenters. The van der Waals surface area contributed by atoms with Crippen LogP contribution in [0.4, 0.5) is 10.1 Å². The maximum Gasteiger partial charge on any atom is 0.173 e. The number of anilines is 1. The zero-order chi connectivity index (χ0) is 13.1. The third-order valence-corrected chi connectivity index (χ3v) is 3.57. The van der Waals surface area contributed by atoms with Crippen LogP contribution in [0.2, 0.25) is 0 Å². The Morgan fingerprint density at radius 2 is 1.94 bits per heavy atom. The van der Waals surface area contributed by atoms with Crippen LogP contribution in [-0.4, -0.2) is 48.1 Å². The minimum atomic E-state index is -0.207. The highest BCUT2D eigenvalue weighted by atomic mass is 32.1. The lowest BCUT2D eigenvalue weighted by atomic mass is 10.2. The molecule has 0 aliphatic carbocycles. The van der Waals surface area contributed by atoms with Gasteiger partial charge < -0.3 is 15.1 Å². The molecule has 1 aromatic rings. The molecule has 1 aliphatic rings. The first kappa shape index (κ1) is 13.2. The molecule has 98 valence electrons. The molecule has 1 saturated heterocycles. The van der Waals surface area contributed by atoms with Gasteiger partial charge in [0.1, 0.15) is 5.82 Å². The van der Waals surface area contributed by atoms with E-state index in [1.807, 2.05) is 6.07 Å². The van der Waals surface area contributed by atoms with E-state index in [0.717, 1.165) is 26.2 Å². The predicted molar refractivity (Wildman–Crippen MR) is 76.4 cm³/mol. The largest absolute Gasteiger partial charge is 0.346 e. The maximum absolute atomic E-state index is 13.4. The van der Waals surface area contributed by atoms with Crippen LogP contribution >= 0.6 is 12.2 Å². The number of nitrogens with zero attached hydrogens (tertiary/aromatic N) is 2. The van der Waals surface area contributed by atoms with Gasteiger partial charge >= 0.3 is 0 Å². The summed E-state index contributed by atoms with van der Waals surface area (Å²) < 4.78 is 13.4. The van der Waals surface area contributed by atoms with Crippen molar-refractivity contribution >= 4 is 23.0 Å². The first-order chi connectivity index (χ1) is 8.56. The summed E-state index contributed by atoms with van der Waals surface area (Å²) in [4.78, 5) is 4.39. The van der Waals surface area contributed by atoms with Gasteiger partial charge in [0.15, 0.2) is 5.11 Å². The molecule has 0 atom stereocenters. The molecule has 18 heavy (non-hydrogen) atoms. The zero-order valence-corrected chi connectivity index (χ0v) is 11.6. The predicted octanol–water partition coefficient (Wildman–Crippen LogP) is 2.08. The van der Waals surface area contributed by atoms with Gasteiger partial charge in [-0.3, -0.25) is 0 Å². The standard InChI is InChI=1S/C13H18FN3S/c1-10-3-4-11(9-12(10)14)15-13(18)17-7-5-16(2)6-8-17/h3-4,9H,5-8H2,1-2H3,(H,15,18). The lowest BCUT2D eigenvalue weighted by Gasteiger charge is -2.34. The fourth-order valence-corrected chi connectivity index (χ4v) is 2.18. The molecule has 0 radical (unpaired) electrons. The van der Waals surface area contributed by atoms with E-state index in [1.54, 1.807) is 13.0 Å². The fraction of sp³-hybridized carbons (Fsp3) is 0.462. The quantitative estimate of drug-likeness (QED) is 0.785. The highest BCUT2D eigenvalue weighted by molar-refractivity contribution is 7.80. The van der Waals surface area contributed by atoms with Gasteiger partial charge in [0.25, 0.3) is 0 Å². The van der Waals surface area contributed by atoms with E-state index in [9.17, 15) is 4.39 Å². The van der Waals surface area contributed by atoms with E-state index in [1.165, 1.54) is 6.07 Å². The lowest BCUT2D eigenvalue weighted by Crippen LogP contribution is -2.48. The van der Waals surface area contributed by atoms with Gasteiger partial charge in [0.2, 0.25) is 0 Å². The molecule has 0 saturated carbocycles. The van der Waals surface area contributed by atoms with Crippen molar-refractivity contribution in [1.82, 2.24) is 9.80 Å². The molecule has 3 nitrogen and oxygen atoms in total. The first-order valence-electron chi connectivity index (χ1n) is 6.07. The molecule has 1 aliphatic heterocycles. The number of nitrogens with one attached hydrogen (secondary N) is 1. The molecule has 1 N–H and O–H groups in total.